The fraction of sp³-hybridized carbons (Fsp3) is 0.448. The normalized spacial score (nSPS) is 17.3. The van der Waals surface area contributed by atoms with Crippen LogP contribution in [0.25, 0.3) is 11.0 Å². The zero-order valence-electron chi connectivity index (χ0n) is 21.4. The van der Waals surface area contributed by atoms with Crippen molar-refractivity contribution >= 4 is 28.4 Å². The molecule has 0 bridgehead atoms. The number of nitrogens with zero attached hydrogens (tertiary/aromatic N) is 5. The SMILES string of the molecule is CCOc1ccccc1N1CCN(c2nc3ccccc3nc2[C@H](C#N)C(=O)NC2CCCCC2)CC1. The Kier molecular flexibility index (Phi) is 7.69. The van der Waals surface area contributed by atoms with E-state index in [9.17, 15) is 10.1 Å². The molecule has 1 atom stereocenters. The number of ether oxygens (including phenoxy) is 1. The number of rotatable bonds is 7. The van der Waals surface area contributed by atoms with Crippen LogP contribution in [0.5, 0.6) is 5.75 Å². The first-order valence-corrected chi connectivity index (χ1v) is 13.4. The molecule has 1 aliphatic carbocycles. The van der Waals surface area contributed by atoms with E-state index in [1.165, 1.54) is 6.42 Å². The molecular weight excluding hydrogens is 464 g/mol. The molecule has 8 heteroatoms. The number of hydrogen-bond acceptors (Lipinski definition) is 7. The molecule has 5 rings (SSSR count). The van der Waals surface area contributed by atoms with E-state index in [4.69, 9.17) is 14.7 Å². The highest BCUT2D eigenvalue weighted by molar-refractivity contribution is 5.89. The number of amides is 1. The molecule has 2 aromatic carbocycles. The van der Waals surface area contributed by atoms with Crippen molar-refractivity contribution in [3.05, 3.63) is 54.2 Å². The van der Waals surface area contributed by atoms with Crippen LogP contribution >= 0.6 is 0 Å². The Morgan fingerprint density at radius 3 is 2.35 bits per heavy atom. The quantitative estimate of drug-likeness (QED) is 0.516. The number of nitriles is 1. The monoisotopic (exact) mass is 498 g/mol. The fourth-order valence-corrected chi connectivity index (χ4v) is 5.36. The lowest BCUT2D eigenvalue weighted by molar-refractivity contribution is -0.122. The van der Waals surface area contributed by atoms with Crippen molar-refractivity contribution in [3.63, 3.8) is 0 Å². The highest BCUT2D eigenvalue weighted by atomic mass is 16.5. The van der Waals surface area contributed by atoms with E-state index in [1.807, 2.05) is 49.4 Å². The third kappa shape index (κ3) is 5.46. The van der Waals surface area contributed by atoms with Gasteiger partial charge in [-0.1, -0.05) is 43.5 Å². The van der Waals surface area contributed by atoms with Gasteiger partial charge in [0.05, 0.1) is 29.4 Å². The molecule has 1 N–H and O–H groups in total. The lowest BCUT2D eigenvalue weighted by Gasteiger charge is -2.38. The second kappa shape index (κ2) is 11.5. The second-order valence-corrected chi connectivity index (χ2v) is 9.70. The third-order valence-corrected chi connectivity index (χ3v) is 7.28. The van der Waals surface area contributed by atoms with Gasteiger partial charge >= 0.3 is 0 Å². The van der Waals surface area contributed by atoms with E-state index in [1.54, 1.807) is 0 Å². The Bertz CT molecular complexity index is 1270. The van der Waals surface area contributed by atoms with Gasteiger partial charge < -0.3 is 19.9 Å². The molecule has 1 aliphatic heterocycles. The first-order chi connectivity index (χ1) is 18.2. The Morgan fingerprint density at radius 1 is 1.00 bits per heavy atom. The first-order valence-electron chi connectivity index (χ1n) is 13.4. The number of carbonyl (C=O) groups is 1. The minimum absolute atomic E-state index is 0.128. The summed E-state index contributed by atoms with van der Waals surface area (Å²) in [6.07, 6.45) is 5.35. The number of carbonyl (C=O) groups excluding carboxylic acids is 1. The number of nitrogens with one attached hydrogen (secondary N) is 1. The first kappa shape index (κ1) is 24.8. The lowest BCUT2D eigenvalue weighted by atomic mass is 9.94. The summed E-state index contributed by atoms with van der Waals surface area (Å²) >= 11 is 0. The van der Waals surface area contributed by atoms with E-state index in [-0.39, 0.29) is 11.9 Å². The fourth-order valence-electron chi connectivity index (χ4n) is 5.36. The minimum atomic E-state index is -1.01. The molecule has 2 heterocycles. The van der Waals surface area contributed by atoms with Gasteiger partial charge in [0.15, 0.2) is 11.7 Å². The number of aromatic nitrogens is 2. The van der Waals surface area contributed by atoms with Gasteiger partial charge in [-0.05, 0) is 44.0 Å². The van der Waals surface area contributed by atoms with Crippen molar-refractivity contribution in [1.82, 2.24) is 15.3 Å². The topological polar surface area (TPSA) is 94.4 Å². The molecule has 192 valence electrons. The lowest BCUT2D eigenvalue weighted by Crippen LogP contribution is -2.47. The van der Waals surface area contributed by atoms with Crippen LogP contribution in [0, 0.1) is 11.3 Å². The van der Waals surface area contributed by atoms with Crippen molar-refractivity contribution in [2.75, 3.05) is 42.6 Å². The average Bonchev–Trinajstić information content (AvgIpc) is 2.94. The van der Waals surface area contributed by atoms with Gasteiger partial charge in [0.25, 0.3) is 0 Å². The Morgan fingerprint density at radius 2 is 1.65 bits per heavy atom. The Labute approximate surface area is 218 Å². The summed E-state index contributed by atoms with van der Waals surface area (Å²) < 4.78 is 5.85. The maximum absolute atomic E-state index is 13.3. The van der Waals surface area contributed by atoms with Crippen LogP contribution in [0.15, 0.2) is 48.5 Å². The molecule has 3 aromatic rings. The van der Waals surface area contributed by atoms with Crippen LogP contribution < -0.4 is 19.9 Å². The molecule has 2 fully saturated rings. The van der Waals surface area contributed by atoms with Crippen LogP contribution in [0.1, 0.15) is 50.6 Å². The van der Waals surface area contributed by atoms with Crippen molar-refractivity contribution in [2.45, 2.75) is 51.0 Å². The zero-order valence-corrected chi connectivity index (χ0v) is 21.4. The van der Waals surface area contributed by atoms with Gasteiger partial charge in [-0.2, -0.15) is 5.26 Å². The molecular formula is C29H34N6O2. The summed E-state index contributed by atoms with van der Waals surface area (Å²) in [6.45, 7) is 5.54. The number of anilines is 2. The van der Waals surface area contributed by atoms with Crippen molar-refractivity contribution in [3.8, 4) is 11.8 Å². The van der Waals surface area contributed by atoms with Gasteiger partial charge in [0.2, 0.25) is 5.91 Å². The van der Waals surface area contributed by atoms with E-state index < -0.39 is 5.92 Å². The van der Waals surface area contributed by atoms with Crippen LogP contribution in [0.3, 0.4) is 0 Å². The van der Waals surface area contributed by atoms with Crippen LogP contribution in [0.4, 0.5) is 11.5 Å². The highest BCUT2D eigenvalue weighted by Gasteiger charge is 2.32. The minimum Gasteiger partial charge on any atom is -0.492 e. The summed E-state index contributed by atoms with van der Waals surface area (Å²) in [5.74, 6) is 0.227. The molecule has 0 unspecified atom stereocenters. The molecule has 2 aliphatic rings. The number of piperazine rings is 1. The van der Waals surface area contributed by atoms with E-state index >= 15 is 0 Å². The predicted octanol–water partition coefficient (Wildman–Crippen LogP) is 4.41. The standard InChI is InChI=1S/C29H34N6O2/c1-2-37-26-15-9-8-14-25(26)34-16-18-35(19-17-34)28-27(32-23-12-6-7-13-24(23)33-28)22(20-30)29(36)31-21-10-4-3-5-11-21/h6-9,12-15,21-22H,2-5,10-11,16-19H2,1H3,(H,31,36)/t22-/m0/s1. The maximum atomic E-state index is 13.3. The van der Waals surface area contributed by atoms with Gasteiger partial charge in [0.1, 0.15) is 11.4 Å². The predicted molar refractivity (Wildman–Crippen MR) is 145 cm³/mol. The van der Waals surface area contributed by atoms with E-state index in [0.29, 0.717) is 36.7 Å². The second-order valence-electron chi connectivity index (χ2n) is 9.70. The molecule has 1 aromatic heterocycles. The van der Waals surface area contributed by atoms with Gasteiger partial charge in [-0.25, -0.2) is 9.97 Å². The summed E-state index contributed by atoms with van der Waals surface area (Å²) in [5, 5.41) is 13.3. The number of hydrogen-bond donors (Lipinski definition) is 1. The summed E-state index contributed by atoms with van der Waals surface area (Å²) in [7, 11) is 0. The van der Waals surface area contributed by atoms with Crippen LogP contribution in [-0.2, 0) is 4.79 Å². The van der Waals surface area contributed by atoms with Gasteiger partial charge in [-0.15, -0.1) is 0 Å². The molecule has 37 heavy (non-hydrogen) atoms. The largest absolute Gasteiger partial charge is 0.492 e. The molecule has 1 amide bonds. The van der Waals surface area contributed by atoms with Gasteiger partial charge in [0, 0.05) is 32.2 Å². The zero-order chi connectivity index (χ0) is 25.6. The van der Waals surface area contributed by atoms with Crippen molar-refractivity contribution in [2.24, 2.45) is 0 Å². The Hall–Kier alpha value is -3.86. The number of benzene rings is 2. The number of para-hydroxylation sites is 4. The summed E-state index contributed by atoms with van der Waals surface area (Å²) in [6, 6.07) is 18.1. The Balaban J connectivity index is 1.41. The van der Waals surface area contributed by atoms with Crippen molar-refractivity contribution in [1.29, 1.82) is 5.26 Å². The van der Waals surface area contributed by atoms with E-state index in [2.05, 4.69) is 27.3 Å². The molecule has 8 nitrogen and oxygen atoms in total. The summed E-state index contributed by atoms with van der Waals surface area (Å²) in [5.41, 5.74) is 2.97. The average molecular weight is 499 g/mol. The molecule has 0 radical (unpaired) electrons. The van der Waals surface area contributed by atoms with E-state index in [0.717, 1.165) is 55.7 Å². The summed E-state index contributed by atoms with van der Waals surface area (Å²) in [4.78, 5) is 27.5. The highest BCUT2D eigenvalue weighted by Crippen LogP contribution is 2.32. The van der Waals surface area contributed by atoms with Crippen LogP contribution in [-0.4, -0.2) is 54.7 Å². The maximum Gasteiger partial charge on any atom is 0.243 e. The number of fused-ring (bicyclic) bond motifs is 1. The smallest absolute Gasteiger partial charge is 0.243 e. The van der Waals surface area contributed by atoms with Crippen LogP contribution in [0.2, 0.25) is 0 Å². The molecule has 1 saturated heterocycles. The third-order valence-electron chi connectivity index (χ3n) is 7.28. The van der Waals surface area contributed by atoms with Crippen molar-refractivity contribution < 1.29 is 9.53 Å². The molecule has 0 spiro atoms. The van der Waals surface area contributed by atoms with Gasteiger partial charge in [-0.3, -0.25) is 4.79 Å². The molecule has 1 saturated carbocycles.